The van der Waals surface area contributed by atoms with Crippen LogP contribution < -0.4 is 15.8 Å². The Morgan fingerprint density at radius 3 is 1.67 bits per heavy atom. The Hall–Kier alpha value is -8.02. The molecule has 346 valence electrons. The van der Waals surface area contributed by atoms with Crippen LogP contribution in [0.4, 0.5) is 11.4 Å². The van der Waals surface area contributed by atoms with Gasteiger partial charge in [-0.25, -0.2) is 0 Å². The lowest BCUT2D eigenvalue weighted by Crippen LogP contribution is -2.56. The number of allylic oxidation sites excluding steroid dienone is 1. The summed E-state index contributed by atoms with van der Waals surface area (Å²) in [4.78, 5) is 2.68. The zero-order valence-electron chi connectivity index (χ0n) is 42.3. The summed E-state index contributed by atoms with van der Waals surface area (Å²) >= 11 is 0. The SMILES string of the molecule is CC(C)(C)c1ccc(N2C3=C(B4c5c2cc(-n2c6ccccc6c6ccccc62)cc5-n2c5c4cccc5c4ccc5c(c6ccccc6n5-c5ccccc5)c42)C(C)(C)c2ccc(C(C)(C)C)cc23)cc1. The molecule has 15 rings (SSSR count). The molecular formula is C67H55BN4. The van der Waals surface area contributed by atoms with Crippen LogP contribution in [0.15, 0.2) is 194 Å². The Morgan fingerprint density at radius 2 is 0.986 bits per heavy atom. The Balaban J connectivity index is 1.16. The molecule has 4 nitrogen and oxygen atoms in total. The van der Waals surface area contributed by atoms with Gasteiger partial charge in [0.2, 0.25) is 6.71 Å². The number of para-hydroxylation sites is 5. The maximum absolute atomic E-state index is 2.70. The van der Waals surface area contributed by atoms with Crippen molar-refractivity contribution in [2.75, 3.05) is 4.90 Å². The lowest BCUT2D eigenvalue weighted by atomic mass is 9.30. The molecule has 5 heterocycles. The van der Waals surface area contributed by atoms with Crippen LogP contribution in [0.5, 0.6) is 0 Å². The highest BCUT2D eigenvalue weighted by molar-refractivity contribution is 6.96. The Labute approximate surface area is 421 Å². The van der Waals surface area contributed by atoms with Crippen molar-refractivity contribution in [3.8, 4) is 17.1 Å². The molecule has 3 aromatic heterocycles. The minimum absolute atomic E-state index is 0.00859. The van der Waals surface area contributed by atoms with Crippen LogP contribution in [0.1, 0.15) is 77.6 Å². The van der Waals surface area contributed by atoms with Crippen molar-refractivity contribution < 1.29 is 0 Å². The van der Waals surface area contributed by atoms with Crippen molar-refractivity contribution in [2.45, 2.75) is 71.6 Å². The van der Waals surface area contributed by atoms with Crippen molar-refractivity contribution >= 4 is 100 Å². The molecular weight excluding hydrogens is 872 g/mol. The van der Waals surface area contributed by atoms with Crippen LogP contribution in [-0.4, -0.2) is 20.4 Å². The standard InChI is InChI=1S/C67H55BN4/c1-65(2,3)40-29-32-43(33-30-40)71-57-38-44(70-53-26-15-12-21-45(53)46-22-13-16-27-54(46)70)39-58-60(57)68(64-63(71)50-37-41(66(4,5)6)31-35-51(50)67(64,7)8)52-25-18-24-47-48-34-36-56-59(62(48)72(58)61(47)52)49-23-14-17-28-55(49)69(56)42-19-10-9-11-20-42/h9-39H,1-8H3. The van der Waals surface area contributed by atoms with E-state index in [-0.39, 0.29) is 23.0 Å². The van der Waals surface area contributed by atoms with E-state index in [1.165, 1.54) is 127 Å². The molecule has 0 saturated carbocycles. The molecule has 0 amide bonds. The number of rotatable bonds is 3. The monoisotopic (exact) mass is 926 g/mol. The molecule has 0 saturated heterocycles. The molecule has 0 radical (unpaired) electrons. The maximum atomic E-state index is 2.70. The second-order valence-electron chi connectivity index (χ2n) is 23.4. The highest BCUT2D eigenvalue weighted by atomic mass is 15.2. The van der Waals surface area contributed by atoms with Gasteiger partial charge in [0.1, 0.15) is 0 Å². The van der Waals surface area contributed by atoms with Gasteiger partial charge in [-0.2, -0.15) is 0 Å². The summed E-state index contributed by atoms with van der Waals surface area (Å²) in [5, 5.41) is 7.61. The molecule has 0 spiro atoms. The summed E-state index contributed by atoms with van der Waals surface area (Å²) in [6.07, 6.45) is 0. The van der Waals surface area contributed by atoms with E-state index in [1.807, 2.05) is 0 Å². The number of fused-ring (bicyclic) bond motifs is 15. The largest absolute Gasteiger partial charge is 0.311 e. The van der Waals surface area contributed by atoms with Crippen molar-refractivity contribution in [1.82, 2.24) is 13.7 Å². The van der Waals surface area contributed by atoms with E-state index < -0.39 is 0 Å². The second-order valence-corrected chi connectivity index (χ2v) is 23.4. The van der Waals surface area contributed by atoms with Gasteiger partial charge >= 0.3 is 0 Å². The van der Waals surface area contributed by atoms with Gasteiger partial charge in [-0.3, -0.25) is 0 Å². The Bertz CT molecular complexity index is 4320. The lowest BCUT2D eigenvalue weighted by molar-refractivity contribution is 0.588. The second kappa shape index (κ2) is 14.1. The number of nitrogens with zero attached hydrogens (tertiary/aromatic N) is 4. The first-order valence-corrected chi connectivity index (χ1v) is 25.8. The molecule has 1 aliphatic carbocycles. The van der Waals surface area contributed by atoms with Gasteiger partial charge < -0.3 is 18.6 Å². The average molecular weight is 927 g/mol. The van der Waals surface area contributed by atoms with E-state index >= 15 is 0 Å². The predicted octanol–water partition coefficient (Wildman–Crippen LogP) is 15.9. The molecule has 12 aromatic rings. The normalized spacial score (nSPS) is 14.9. The zero-order chi connectivity index (χ0) is 48.7. The Kier molecular flexibility index (Phi) is 8.18. The van der Waals surface area contributed by atoms with Crippen LogP contribution in [0.3, 0.4) is 0 Å². The molecule has 5 heteroatoms. The van der Waals surface area contributed by atoms with Gasteiger partial charge in [0.25, 0.3) is 0 Å². The number of aromatic nitrogens is 3. The highest BCUT2D eigenvalue weighted by Crippen LogP contribution is 2.56. The van der Waals surface area contributed by atoms with Crippen LogP contribution in [0, 0.1) is 0 Å². The number of hydrogen-bond donors (Lipinski definition) is 0. The quantitative estimate of drug-likeness (QED) is 0.162. The van der Waals surface area contributed by atoms with Gasteiger partial charge in [0.05, 0.1) is 33.3 Å². The first kappa shape index (κ1) is 41.7. The molecule has 9 aromatic carbocycles. The van der Waals surface area contributed by atoms with Gasteiger partial charge in [0, 0.05) is 77.3 Å². The Morgan fingerprint density at radius 1 is 0.417 bits per heavy atom. The summed E-state index contributed by atoms with van der Waals surface area (Å²) in [6.45, 7) is 19.0. The van der Waals surface area contributed by atoms with E-state index in [1.54, 1.807) is 0 Å². The third kappa shape index (κ3) is 5.38. The summed E-state index contributed by atoms with van der Waals surface area (Å²) in [5.41, 5.74) is 23.9. The smallest absolute Gasteiger partial charge is 0.248 e. The highest BCUT2D eigenvalue weighted by Gasteiger charge is 2.53. The first-order valence-electron chi connectivity index (χ1n) is 25.8. The summed E-state index contributed by atoms with van der Waals surface area (Å²) in [7, 11) is 0. The minimum atomic E-state index is -0.289. The van der Waals surface area contributed by atoms with Crippen molar-refractivity contribution in [3.05, 3.63) is 216 Å². The molecule has 2 aliphatic heterocycles. The molecule has 0 atom stereocenters. The maximum Gasteiger partial charge on any atom is 0.248 e. The number of benzene rings is 9. The van der Waals surface area contributed by atoms with Gasteiger partial charge in [0.15, 0.2) is 0 Å². The van der Waals surface area contributed by atoms with E-state index in [2.05, 4.69) is 262 Å². The summed E-state index contributed by atoms with van der Waals surface area (Å²) in [6, 6.07) is 71.8. The van der Waals surface area contributed by atoms with Crippen molar-refractivity contribution in [1.29, 1.82) is 0 Å². The summed E-state index contributed by atoms with van der Waals surface area (Å²) in [5.74, 6) is 0. The van der Waals surface area contributed by atoms with Gasteiger partial charge in [-0.05, 0) is 105 Å². The van der Waals surface area contributed by atoms with Crippen LogP contribution in [0.25, 0.3) is 88.2 Å². The van der Waals surface area contributed by atoms with E-state index in [4.69, 9.17) is 0 Å². The topological polar surface area (TPSA) is 18.0 Å². The van der Waals surface area contributed by atoms with Gasteiger partial charge in [-0.15, -0.1) is 0 Å². The van der Waals surface area contributed by atoms with E-state index in [9.17, 15) is 0 Å². The number of anilines is 2. The third-order valence-corrected chi connectivity index (χ3v) is 16.9. The lowest BCUT2D eigenvalue weighted by Gasteiger charge is -2.43. The van der Waals surface area contributed by atoms with E-state index in [0.717, 1.165) is 11.4 Å². The molecule has 0 fully saturated rings. The van der Waals surface area contributed by atoms with E-state index in [0.29, 0.717) is 0 Å². The van der Waals surface area contributed by atoms with Crippen molar-refractivity contribution in [2.24, 2.45) is 0 Å². The van der Waals surface area contributed by atoms with Crippen LogP contribution in [0.2, 0.25) is 0 Å². The molecule has 3 aliphatic rings. The summed E-state index contributed by atoms with van der Waals surface area (Å²) < 4.78 is 7.71. The third-order valence-electron chi connectivity index (χ3n) is 16.9. The number of hydrogen-bond acceptors (Lipinski definition) is 1. The molecule has 0 unspecified atom stereocenters. The average Bonchev–Trinajstić information content (AvgIpc) is 4.08. The fourth-order valence-corrected chi connectivity index (χ4v) is 13.6. The fourth-order valence-electron chi connectivity index (χ4n) is 13.6. The molecule has 72 heavy (non-hydrogen) atoms. The van der Waals surface area contributed by atoms with Gasteiger partial charge in [-0.1, -0.05) is 182 Å². The molecule has 0 N–H and O–H groups in total. The van der Waals surface area contributed by atoms with Crippen molar-refractivity contribution in [3.63, 3.8) is 0 Å². The zero-order valence-corrected chi connectivity index (χ0v) is 42.3. The fraction of sp³-hybridized carbons (Fsp3) is 0.164. The first-order chi connectivity index (χ1) is 34.8. The van der Waals surface area contributed by atoms with Crippen LogP contribution in [-0.2, 0) is 16.2 Å². The minimum Gasteiger partial charge on any atom is -0.311 e. The molecule has 0 bridgehead atoms. The predicted molar refractivity (Wildman–Crippen MR) is 307 cm³/mol. The van der Waals surface area contributed by atoms with Crippen LogP contribution >= 0.6 is 0 Å².